The first-order valence-electron chi connectivity index (χ1n) is 9.13. The third-order valence-corrected chi connectivity index (χ3v) is 6.98. The van der Waals surface area contributed by atoms with E-state index < -0.39 is 0 Å². The van der Waals surface area contributed by atoms with E-state index in [1.807, 2.05) is 0 Å². The van der Waals surface area contributed by atoms with Gasteiger partial charge in [0.15, 0.2) is 0 Å². The van der Waals surface area contributed by atoms with Crippen molar-refractivity contribution in [2.45, 2.75) is 83.1 Å². The van der Waals surface area contributed by atoms with Crippen LogP contribution < -0.4 is 5.73 Å². The van der Waals surface area contributed by atoms with Crippen LogP contribution >= 0.6 is 0 Å². The summed E-state index contributed by atoms with van der Waals surface area (Å²) in [5.41, 5.74) is 7.38. The summed E-state index contributed by atoms with van der Waals surface area (Å²) in [6.45, 7) is 5.96. The van der Waals surface area contributed by atoms with Gasteiger partial charge in [0.05, 0.1) is 0 Å². The summed E-state index contributed by atoms with van der Waals surface area (Å²) in [6, 6.07) is 0. The molecule has 0 aromatic heterocycles. The average Bonchev–Trinajstić information content (AvgIpc) is 2.83. The molecule has 0 amide bonds. The largest absolute Gasteiger partial charge is 0.329 e. The summed E-state index contributed by atoms with van der Waals surface area (Å²) in [7, 11) is 0. The summed E-state index contributed by atoms with van der Waals surface area (Å²) in [5, 5.41) is 0. The highest BCUT2D eigenvalue weighted by Crippen LogP contribution is 2.48. The number of piperidine rings is 1. The molecule has 3 fully saturated rings. The van der Waals surface area contributed by atoms with Crippen LogP contribution in [0, 0.1) is 11.3 Å². The van der Waals surface area contributed by atoms with Gasteiger partial charge in [0.2, 0.25) is 0 Å². The molecule has 0 radical (unpaired) electrons. The molecule has 1 aliphatic heterocycles. The predicted molar refractivity (Wildman–Crippen MR) is 85.7 cm³/mol. The maximum atomic E-state index is 6.29. The Hall–Kier alpha value is -0.0800. The number of hydrogen-bond acceptors (Lipinski definition) is 2. The fourth-order valence-electron chi connectivity index (χ4n) is 5.29. The Kier molecular flexibility index (Phi) is 4.42. The SMILES string of the molecule is CC1CCCC(CN)(N2CCC3(CCCC3)CC2)CC1. The topological polar surface area (TPSA) is 29.3 Å². The van der Waals surface area contributed by atoms with E-state index in [0.717, 1.165) is 17.9 Å². The zero-order valence-electron chi connectivity index (χ0n) is 13.5. The molecule has 2 aliphatic carbocycles. The number of likely N-dealkylation sites (tertiary alicyclic amines) is 1. The molecular weight excluding hydrogens is 244 g/mol. The molecule has 0 aromatic carbocycles. The Bertz CT molecular complexity index is 311. The predicted octanol–water partition coefficient (Wildman–Crippen LogP) is 3.94. The fraction of sp³-hybridized carbons (Fsp3) is 1.00. The molecule has 2 heteroatoms. The third kappa shape index (κ3) is 2.78. The van der Waals surface area contributed by atoms with E-state index in [0.29, 0.717) is 5.54 Å². The molecule has 1 saturated heterocycles. The van der Waals surface area contributed by atoms with Crippen LogP contribution in [-0.2, 0) is 0 Å². The molecule has 2 nitrogen and oxygen atoms in total. The number of nitrogens with zero attached hydrogens (tertiary/aromatic N) is 1. The Balaban J connectivity index is 1.65. The maximum Gasteiger partial charge on any atom is 0.0331 e. The summed E-state index contributed by atoms with van der Waals surface area (Å²) in [6.07, 6.45) is 15.8. The molecule has 2 atom stereocenters. The standard InChI is InChI=1S/C18H34N2/c1-16-5-4-9-18(15-19,10-6-16)20-13-11-17(12-14-20)7-2-3-8-17/h16H,2-15,19H2,1H3. The number of hydrogen-bond donors (Lipinski definition) is 1. The monoisotopic (exact) mass is 278 g/mol. The molecular formula is C18H34N2. The normalized spacial score (nSPS) is 39.0. The number of nitrogens with two attached hydrogens (primary N) is 1. The Labute approximate surface area is 125 Å². The molecule has 1 heterocycles. The van der Waals surface area contributed by atoms with Gasteiger partial charge in [-0.3, -0.25) is 4.90 Å². The van der Waals surface area contributed by atoms with E-state index in [4.69, 9.17) is 5.73 Å². The number of rotatable bonds is 2. The van der Waals surface area contributed by atoms with Gasteiger partial charge >= 0.3 is 0 Å². The lowest BCUT2D eigenvalue weighted by Gasteiger charge is -2.49. The van der Waals surface area contributed by atoms with Crippen LogP contribution in [0.5, 0.6) is 0 Å². The van der Waals surface area contributed by atoms with Crippen LogP contribution in [0.4, 0.5) is 0 Å². The Morgan fingerprint density at radius 2 is 1.60 bits per heavy atom. The van der Waals surface area contributed by atoms with Crippen molar-refractivity contribution < 1.29 is 0 Å². The minimum absolute atomic E-state index is 0.352. The van der Waals surface area contributed by atoms with E-state index in [1.54, 1.807) is 0 Å². The minimum Gasteiger partial charge on any atom is -0.329 e. The summed E-state index contributed by atoms with van der Waals surface area (Å²) >= 11 is 0. The second-order valence-electron chi connectivity index (χ2n) is 8.16. The molecule has 20 heavy (non-hydrogen) atoms. The molecule has 2 unspecified atom stereocenters. The highest BCUT2D eigenvalue weighted by atomic mass is 15.2. The van der Waals surface area contributed by atoms with Crippen LogP contribution in [0.3, 0.4) is 0 Å². The van der Waals surface area contributed by atoms with Gasteiger partial charge in [-0.1, -0.05) is 32.6 Å². The second-order valence-corrected chi connectivity index (χ2v) is 8.16. The lowest BCUT2D eigenvalue weighted by molar-refractivity contribution is 0.0126. The fourth-order valence-corrected chi connectivity index (χ4v) is 5.29. The molecule has 0 aromatic rings. The second kappa shape index (κ2) is 5.96. The van der Waals surface area contributed by atoms with Crippen molar-refractivity contribution in [3.63, 3.8) is 0 Å². The lowest BCUT2D eigenvalue weighted by Crippen LogP contribution is -2.57. The van der Waals surface area contributed by atoms with Crippen LogP contribution in [0.1, 0.15) is 77.6 Å². The van der Waals surface area contributed by atoms with Crippen molar-refractivity contribution in [2.24, 2.45) is 17.1 Å². The molecule has 116 valence electrons. The summed E-state index contributed by atoms with van der Waals surface area (Å²) < 4.78 is 0. The van der Waals surface area contributed by atoms with E-state index in [9.17, 15) is 0 Å². The van der Waals surface area contributed by atoms with Crippen molar-refractivity contribution in [1.82, 2.24) is 4.90 Å². The van der Waals surface area contributed by atoms with E-state index in [1.165, 1.54) is 83.7 Å². The van der Waals surface area contributed by atoms with Crippen molar-refractivity contribution >= 4 is 0 Å². The molecule has 2 saturated carbocycles. The first kappa shape index (κ1) is 14.8. The Morgan fingerprint density at radius 3 is 2.25 bits per heavy atom. The van der Waals surface area contributed by atoms with Crippen LogP contribution in [0.2, 0.25) is 0 Å². The highest BCUT2D eigenvalue weighted by molar-refractivity contribution is 4.99. The molecule has 0 bridgehead atoms. The molecule has 2 N–H and O–H groups in total. The van der Waals surface area contributed by atoms with Gasteiger partial charge < -0.3 is 5.73 Å². The van der Waals surface area contributed by atoms with E-state index in [2.05, 4.69) is 11.8 Å². The Morgan fingerprint density at radius 1 is 0.900 bits per heavy atom. The lowest BCUT2D eigenvalue weighted by atomic mass is 9.75. The molecule has 3 rings (SSSR count). The zero-order valence-corrected chi connectivity index (χ0v) is 13.5. The summed E-state index contributed by atoms with van der Waals surface area (Å²) in [5.74, 6) is 0.911. The van der Waals surface area contributed by atoms with Gasteiger partial charge in [-0.2, -0.15) is 0 Å². The minimum atomic E-state index is 0.352. The van der Waals surface area contributed by atoms with Crippen LogP contribution in [0.25, 0.3) is 0 Å². The average molecular weight is 278 g/mol. The van der Waals surface area contributed by atoms with E-state index >= 15 is 0 Å². The van der Waals surface area contributed by atoms with Crippen molar-refractivity contribution in [3.05, 3.63) is 0 Å². The highest BCUT2D eigenvalue weighted by Gasteiger charge is 2.43. The van der Waals surface area contributed by atoms with Gasteiger partial charge in [0.25, 0.3) is 0 Å². The van der Waals surface area contributed by atoms with Crippen molar-refractivity contribution in [3.8, 4) is 0 Å². The smallest absolute Gasteiger partial charge is 0.0331 e. The van der Waals surface area contributed by atoms with Gasteiger partial charge in [-0.25, -0.2) is 0 Å². The van der Waals surface area contributed by atoms with Crippen LogP contribution in [-0.4, -0.2) is 30.1 Å². The van der Waals surface area contributed by atoms with E-state index in [-0.39, 0.29) is 0 Å². The maximum absolute atomic E-state index is 6.29. The third-order valence-electron chi connectivity index (χ3n) is 6.98. The molecule has 3 aliphatic rings. The van der Waals surface area contributed by atoms with Crippen LogP contribution in [0.15, 0.2) is 0 Å². The van der Waals surface area contributed by atoms with Gasteiger partial charge in [0.1, 0.15) is 0 Å². The quantitative estimate of drug-likeness (QED) is 0.775. The van der Waals surface area contributed by atoms with Gasteiger partial charge in [-0.15, -0.1) is 0 Å². The summed E-state index contributed by atoms with van der Waals surface area (Å²) in [4.78, 5) is 2.81. The van der Waals surface area contributed by atoms with Crippen molar-refractivity contribution in [2.75, 3.05) is 19.6 Å². The van der Waals surface area contributed by atoms with Gasteiger partial charge in [0, 0.05) is 12.1 Å². The molecule has 1 spiro atoms. The zero-order chi connectivity index (χ0) is 14.1. The van der Waals surface area contributed by atoms with Crippen molar-refractivity contribution in [1.29, 1.82) is 0 Å². The first-order valence-corrected chi connectivity index (χ1v) is 9.13. The van der Waals surface area contributed by atoms with Gasteiger partial charge in [-0.05, 0) is 69.4 Å². The first-order chi connectivity index (χ1) is 9.68.